The van der Waals surface area contributed by atoms with Crippen molar-refractivity contribution in [1.29, 1.82) is 0 Å². The monoisotopic (exact) mass is 365 g/mol. The van der Waals surface area contributed by atoms with Gasteiger partial charge in [-0.2, -0.15) is 4.37 Å². The van der Waals surface area contributed by atoms with Crippen LogP contribution in [0.5, 0.6) is 0 Å². The Morgan fingerprint density at radius 2 is 2.14 bits per heavy atom. The van der Waals surface area contributed by atoms with Crippen LogP contribution in [0.1, 0.15) is 0 Å². The molecule has 2 aromatic rings. The van der Waals surface area contributed by atoms with Gasteiger partial charge in [0.05, 0.1) is 10.7 Å². The van der Waals surface area contributed by atoms with E-state index in [2.05, 4.69) is 24.7 Å². The van der Waals surface area contributed by atoms with Crippen molar-refractivity contribution in [3.8, 4) is 0 Å². The number of likely N-dealkylation sites (N-methyl/N-ethyl adjacent to an activating group) is 1. The van der Waals surface area contributed by atoms with Gasteiger partial charge >= 0.3 is 0 Å². The van der Waals surface area contributed by atoms with Crippen molar-refractivity contribution in [2.75, 3.05) is 30.2 Å². The number of halogens is 2. The van der Waals surface area contributed by atoms with Crippen LogP contribution in [0.2, 0.25) is 5.02 Å². The average molecular weight is 366 g/mol. The van der Waals surface area contributed by atoms with Gasteiger partial charge in [0, 0.05) is 24.6 Å². The molecule has 0 amide bonds. The van der Waals surface area contributed by atoms with Gasteiger partial charge in [-0.3, -0.25) is 4.72 Å². The quantitative estimate of drug-likeness (QED) is 0.647. The zero-order chi connectivity index (χ0) is 16.2. The summed E-state index contributed by atoms with van der Waals surface area (Å²) in [6.07, 6.45) is 1.20. The number of benzene rings is 1. The first kappa shape index (κ1) is 16.9. The van der Waals surface area contributed by atoms with Gasteiger partial charge in [-0.05, 0) is 19.2 Å². The van der Waals surface area contributed by atoms with Crippen LogP contribution in [-0.4, -0.2) is 37.9 Å². The normalized spacial score (nSPS) is 11.4. The summed E-state index contributed by atoms with van der Waals surface area (Å²) in [6, 6.07) is 2.11. The largest absolute Gasteiger partial charge is 0.382 e. The molecule has 0 bridgehead atoms. The Balaban J connectivity index is 2.26. The molecule has 22 heavy (non-hydrogen) atoms. The lowest BCUT2D eigenvalue weighted by molar-refractivity contribution is 0.570. The second-order valence-corrected chi connectivity index (χ2v) is 6.98. The van der Waals surface area contributed by atoms with Crippen molar-refractivity contribution in [3.63, 3.8) is 0 Å². The number of hydrogen-bond donors (Lipinski definition) is 3. The summed E-state index contributed by atoms with van der Waals surface area (Å²) in [4.78, 5) is 3.14. The summed E-state index contributed by atoms with van der Waals surface area (Å²) in [7, 11) is -2.34. The molecule has 0 aliphatic rings. The highest BCUT2D eigenvalue weighted by molar-refractivity contribution is 7.93. The topological polar surface area (TPSA) is 96.0 Å². The van der Waals surface area contributed by atoms with Gasteiger partial charge in [0.2, 0.25) is 5.13 Å². The van der Waals surface area contributed by atoms with Crippen LogP contribution in [0.15, 0.2) is 23.4 Å². The van der Waals surface area contributed by atoms with Gasteiger partial charge in [0.25, 0.3) is 10.0 Å². The van der Waals surface area contributed by atoms with E-state index in [0.717, 1.165) is 23.7 Å². The molecule has 0 saturated heterocycles. The first-order valence-electron chi connectivity index (χ1n) is 6.11. The minimum atomic E-state index is -4.12. The number of nitrogens with one attached hydrogen (secondary N) is 3. The molecule has 11 heteroatoms. The van der Waals surface area contributed by atoms with E-state index in [1.54, 1.807) is 7.05 Å². The van der Waals surface area contributed by atoms with Crippen LogP contribution in [0.3, 0.4) is 0 Å². The molecule has 2 rings (SSSR count). The molecule has 0 radical (unpaired) electrons. The van der Waals surface area contributed by atoms with E-state index in [1.165, 1.54) is 6.33 Å². The minimum Gasteiger partial charge on any atom is -0.382 e. The van der Waals surface area contributed by atoms with Crippen LogP contribution in [0, 0.1) is 5.82 Å². The maximum absolute atomic E-state index is 14.1. The Morgan fingerprint density at radius 1 is 1.36 bits per heavy atom. The average Bonchev–Trinajstić information content (AvgIpc) is 2.94. The predicted molar refractivity (Wildman–Crippen MR) is 84.5 cm³/mol. The molecule has 1 aromatic heterocycles. The number of rotatable bonds is 7. The van der Waals surface area contributed by atoms with Gasteiger partial charge in [-0.15, -0.1) is 0 Å². The van der Waals surface area contributed by atoms with Crippen molar-refractivity contribution in [2.24, 2.45) is 0 Å². The van der Waals surface area contributed by atoms with Gasteiger partial charge in [0.15, 0.2) is 0 Å². The third kappa shape index (κ3) is 4.03. The van der Waals surface area contributed by atoms with Crippen molar-refractivity contribution < 1.29 is 12.8 Å². The lowest BCUT2D eigenvalue weighted by Gasteiger charge is -2.11. The number of sulfonamides is 1. The van der Waals surface area contributed by atoms with E-state index in [0.29, 0.717) is 18.8 Å². The number of hydrogen-bond acceptors (Lipinski definition) is 7. The maximum Gasteiger partial charge on any atom is 0.266 e. The SMILES string of the molecule is CNCCNc1cc(F)c(S(=O)(=O)Nc2ncns2)cc1Cl. The second-order valence-electron chi connectivity index (χ2n) is 4.14. The van der Waals surface area contributed by atoms with E-state index in [1.807, 2.05) is 0 Å². The number of aromatic nitrogens is 2. The number of anilines is 2. The Hall–Kier alpha value is -1.49. The Kier molecular flexibility index (Phi) is 5.51. The van der Waals surface area contributed by atoms with Gasteiger partial charge in [0.1, 0.15) is 17.0 Å². The zero-order valence-electron chi connectivity index (χ0n) is 11.4. The van der Waals surface area contributed by atoms with Gasteiger partial charge in [-0.25, -0.2) is 17.8 Å². The molecule has 0 fully saturated rings. The van der Waals surface area contributed by atoms with E-state index in [9.17, 15) is 12.8 Å². The highest BCUT2D eigenvalue weighted by Crippen LogP contribution is 2.29. The molecule has 3 N–H and O–H groups in total. The third-order valence-electron chi connectivity index (χ3n) is 2.58. The van der Waals surface area contributed by atoms with Gasteiger partial charge < -0.3 is 10.6 Å². The summed E-state index contributed by atoms with van der Waals surface area (Å²) in [6.45, 7) is 1.17. The fourth-order valence-corrected chi connectivity index (χ4v) is 3.62. The standard InChI is InChI=1S/C11H13ClFN5O2S2/c1-14-2-3-15-9-5-8(13)10(4-7(9)12)22(19,20)18-11-16-6-17-21-11/h4-6,14-15H,2-3H2,1H3,(H,16,17,18). The molecule has 1 heterocycles. The third-order valence-corrected chi connectivity index (χ3v) is 4.96. The van der Waals surface area contributed by atoms with E-state index in [-0.39, 0.29) is 10.2 Å². The van der Waals surface area contributed by atoms with Crippen molar-refractivity contribution >= 4 is 44.0 Å². The lowest BCUT2D eigenvalue weighted by Crippen LogP contribution is -2.18. The molecule has 1 aromatic carbocycles. The molecule has 0 aliphatic carbocycles. The predicted octanol–water partition coefficient (Wildman–Crippen LogP) is 1.76. The lowest BCUT2D eigenvalue weighted by atomic mass is 10.3. The molecule has 0 saturated carbocycles. The van der Waals surface area contributed by atoms with E-state index < -0.39 is 20.7 Å². The summed E-state index contributed by atoms with van der Waals surface area (Å²) >= 11 is 6.85. The minimum absolute atomic E-state index is 0.0479. The van der Waals surface area contributed by atoms with Crippen molar-refractivity contribution in [2.45, 2.75) is 4.90 Å². The molecule has 0 spiro atoms. The highest BCUT2D eigenvalue weighted by Gasteiger charge is 2.22. The first-order chi connectivity index (χ1) is 10.4. The smallest absolute Gasteiger partial charge is 0.266 e. The van der Waals surface area contributed by atoms with Crippen LogP contribution >= 0.6 is 23.1 Å². The first-order valence-corrected chi connectivity index (χ1v) is 8.74. The molecule has 120 valence electrons. The Bertz CT molecular complexity index is 739. The maximum atomic E-state index is 14.1. The summed E-state index contributed by atoms with van der Waals surface area (Å²) in [5.41, 5.74) is 0.323. The Labute approximate surface area is 136 Å². The summed E-state index contributed by atoms with van der Waals surface area (Å²) in [5, 5.41) is 5.98. The molecule has 0 atom stereocenters. The molecular weight excluding hydrogens is 353 g/mol. The molecule has 0 unspecified atom stereocenters. The summed E-state index contributed by atoms with van der Waals surface area (Å²) in [5.74, 6) is -0.909. The van der Waals surface area contributed by atoms with Crippen LogP contribution < -0.4 is 15.4 Å². The van der Waals surface area contributed by atoms with E-state index in [4.69, 9.17) is 11.6 Å². The molecular formula is C11H13ClFN5O2S2. The van der Waals surface area contributed by atoms with Crippen LogP contribution in [-0.2, 0) is 10.0 Å². The fourth-order valence-electron chi connectivity index (χ4n) is 1.58. The van der Waals surface area contributed by atoms with Crippen LogP contribution in [0.25, 0.3) is 0 Å². The van der Waals surface area contributed by atoms with Gasteiger partial charge in [-0.1, -0.05) is 11.6 Å². The second kappa shape index (κ2) is 7.18. The van der Waals surface area contributed by atoms with Crippen LogP contribution in [0.4, 0.5) is 15.2 Å². The fraction of sp³-hybridized carbons (Fsp3) is 0.273. The number of nitrogens with zero attached hydrogens (tertiary/aromatic N) is 2. The Morgan fingerprint density at radius 3 is 2.77 bits per heavy atom. The summed E-state index contributed by atoms with van der Waals surface area (Å²) < 4.78 is 44.2. The van der Waals surface area contributed by atoms with E-state index >= 15 is 0 Å². The van der Waals surface area contributed by atoms with Crippen molar-refractivity contribution in [1.82, 2.24) is 14.7 Å². The molecule has 7 nitrogen and oxygen atoms in total. The molecule has 0 aliphatic heterocycles. The zero-order valence-corrected chi connectivity index (χ0v) is 13.8. The highest BCUT2D eigenvalue weighted by atomic mass is 35.5. The van der Waals surface area contributed by atoms with Crippen molar-refractivity contribution in [3.05, 3.63) is 29.3 Å².